The second kappa shape index (κ2) is 5.57. The van der Waals surface area contributed by atoms with Crippen LogP contribution in [0, 0.1) is 6.92 Å². The molecule has 5 nitrogen and oxygen atoms in total. The van der Waals surface area contributed by atoms with Gasteiger partial charge in [-0.05, 0) is 66.8 Å². The molecule has 2 heterocycles. The number of aromatic hydroxyl groups is 1. The molecule has 2 N–H and O–H groups in total. The number of fused-ring (bicyclic) bond motifs is 3. The Morgan fingerprint density at radius 1 is 1.15 bits per heavy atom. The SMILES string of the molecule is Cc1cnc2[nH]c3c(O)ccc(-c4cccc(S(=O)(=O)C5CC5)c4)c3c2c1. The topological polar surface area (TPSA) is 83.0 Å². The highest BCUT2D eigenvalue weighted by atomic mass is 32.2. The first-order valence-electron chi connectivity index (χ1n) is 8.89. The van der Waals surface area contributed by atoms with Crippen molar-refractivity contribution in [3.8, 4) is 16.9 Å². The summed E-state index contributed by atoms with van der Waals surface area (Å²) in [7, 11) is -3.26. The maximum Gasteiger partial charge on any atom is 0.181 e. The van der Waals surface area contributed by atoms with Crippen molar-refractivity contribution in [2.45, 2.75) is 29.9 Å². The number of phenols is 1. The lowest BCUT2D eigenvalue weighted by molar-refractivity contribution is 0.480. The largest absolute Gasteiger partial charge is 0.506 e. The Hall–Kier alpha value is -2.86. The number of rotatable bonds is 3. The molecule has 0 unspecified atom stereocenters. The summed E-state index contributed by atoms with van der Waals surface area (Å²) in [5.41, 5.74) is 4.00. The molecule has 0 radical (unpaired) electrons. The number of aromatic nitrogens is 2. The maximum atomic E-state index is 12.6. The van der Waals surface area contributed by atoms with Crippen molar-refractivity contribution in [1.29, 1.82) is 0 Å². The van der Waals surface area contributed by atoms with Crippen LogP contribution in [0.4, 0.5) is 0 Å². The number of nitrogens with zero attached hydrogens (tertiary/aromatic N) is 1. The molecule has 27 heavy (non-hydrogen) atoms. The fraction of sp³-hybridized carbons (Fsp3) is 0.190. The minimum absolute atomic E-state index is 0.145. The second-order valence-corrected chi connectivity index (χ2v) is 9.42. The van der Waals surface area contributed by atoms with Crippen molar-refractivity contribution in [3.05, 3.63) is 54.2 Å². The average molecular weight is 378 g/mol. The molecule has 136 valence electrons. The molecule has 1 fully saturated rings. The summed E-state index contributed by atoms with van der Waals surface area (Å²) in [4.78, 5) is 7.96. The van der Waals surface area contributed by atoms with Gasteiger partial charge in [-0.2, -0.15) is 0 Å². The number of H-pyrrole nitrogens is 1. The van der Waals surface area contributed by atoms with E-state index in [0.29, 0.717) is 16.1 Å². The van der Waals surface area contributed by atoms with Crippen LogP contribution < -0.4 is 0 Å². The first kappa shape index (κ1) is 16.3. The maximum absolute atomic E-state index is 12.6. The number of nitrogens with one attached hydrogen (secondary N) is 1. The van der Waals surface area contributed by atoms with E-state index in [1.54, 1.807) is 30.5 Å². The van der Waals surface area contributed by atoms with E-state index in [2.05, 4.69) is 9.97 Å². The first-order valence-corrected chi connectivity index (χ1v) is 10.4. The summed E-state index contributed by atoms with van der Waals surface area (Å²) < 4.78 is 25.3. The highest BCUT2D eigenvalue weighted by Crippen LogP contribution is 2.40. The zero-order chi connectivity index (χ0) is 18.8. The van der Waals surface area contributed by atoms with Gasteiger partial charge in [0.15, 0.2) is 9.84 Å². The van der Waals surface area contributed by atoms with Crippen molar-refractivity contribution < 1.29 is 13.5 Å². The summed E-state index contributed by atoms with van der Waals surface area (Å²) in [5.74, 6) is 0.145. The summed E-state index contributed by atoms with van der Waals surface area (Å²) in [6.45, 7) is 1.97. The van der Waals surface area contributed by atoms with Gasteiger partial charge in [0.25, 0.3) is 0 Å². The third-order valence-corrected chi connectivity index (χ3v) is 7.42. The molecule has 2 aromatic heterocycles. The summed E-state index contributed by atoms with van der Waals surface area (Å²) in [6, 6.07) is 12.6. The smallest absolute Gasteiger partial charge is 0.181 e. The molecular formula is C21H18N2O3S. The lowest BCUT2D eigenvalue weighted by atomic mass is 9.99. The van der Waals surface area contributed by atoms with E-state index in [4.69, 9.17) is 0 Å². The molecule has 1 aliphatic carbocycles. The normalized spacial score (nSPS) is 14.9. The standard InChI is InChI=1S/C21H18N2O3S/c1-12-9-17-19-16(7-8-18(24)20(19)23-21(17)22-11-12)13-3-2-4-15(10-13)27(25,26)14-5-6-14/h2-4,7-11,14,24H,5-6H2,1H3,(H,22,23). The molecule has 4 aromatic rings. The van der Waals surface area contributed by atoms with Gasteiger partial charge in [0.2, 0.25) is 0 Å². The van der Waals surface area contributed by atoms with E-state index in [-0.39, 0.29) is 11.0 Å². The monoisotopic (exact) mass is 378 g/mol. The molecule has 0 amide bonds. The number of aromatic amines is 1. The fourth-order valence-corrected chi connectivity index (χ4v) is 5.33. The van der Waals surface area contributed by atoms with E-state index in [1.165, 1.54) is 0 Å². The van der Waals surface area contributed by atoms with Crippen LogP contribution in [0.1, 0.15) is 18.4 Å². The van der Waals surface area contributed by atoms with E-state index in [9.17, 15) is 13.5 Å². The molecule has 2 aromatic carbocycles. The summed E-state index contributed by atoms with van der Waals surface area (Å²) in [5, 5.41) is 11.8. The van der Waals surface area contributed by atoms with Gasteiger partial charge in [0.1, 0.15) is 11.4 Å². The van der Waals surface area contributed by atoms with E-state index >= 15 is 0 Å². The summed E-state index contributed by atoms with van der Waals surface area (Å²) in [6.07, 6.45) is 3.25. The molecular weight excluding hydrogens is 360 g/mol. The van der Waals surface area contributed by atoms with Crippen LogP contribution in [-0.2, 0) is 9.84 Å². The molecule has 6 heteroatoms. The lowest BCUT2D eigenvalue weighted by Crippen LogP contribution is -2.06. The highest BCUT2D eigenvalue weighted by Gasteiger charge is 2.36. The zero-order valence-corrected chi connectivity index (χ0v) is 15.5. The van der Waals surface area contributed by atoms with Gasteiger partial charge in [-0.25, -0.2) is 13.4 Å². The van der Waals surface area contributed by atoms with Crippen LogP contribution in [0.15, 0.2) is 53.6 Å². The van der Waals surface area contributed by atoms with Crippen molar-refractivity contribution >= 4 is 31.8 Å². The van der Waals surface area contributed by atoms with Gasteiger partial charge in [0, 0.05) is 17.0 Å². The molecule has 0 saturated heterocycles. The number of sulfone groups is 1. The lowest BCUT2D eigenvalue weighted by Gasteiger charge is -2.09. The molecule has 1 saturated carbocycles. The second-order valence-electron chi connectivity index (χ2n) is 7.19. The third-order valence-electron chi connectivity index (χ3n) is 5.16. The van der Waals surface area contributed by atoms with Gasteiger partial charge < -0.3 is 10.1 Å². The highest BCUT2D eigenvalue weighted by molar-refractivity contribution is 7.92. The minimum Gasteiger partial charge on any atom is -0.506 e. The Kier molecular flexibility index (Phi) is 3.37. The number of hydrogen-bond acceptors (Lipinski definition) is 4. The van der Waals surface area contributed by atoms with Crippen LogP contribution in [0.3, 0.4) is 0 Å². The third kappa shape index (κ3) is 2.51. The van der Waals surface area contributed by atoms with E-state index < -0.39 is 9.84 Å². The molecule has 5 rings (SSSR count). The van der Waals surface area contributed by atoms with Crippen LogP contribution in [0.2, 0.25) is 0 Å². The van der Waals surface area contributed by atoms with E-state index in [0.717, 1.165) is 40.3 Å². The van der Waals surface area contributed by atoms with Crippen LogP contribution in [-0.4, -0.2) is 28.7 Å². The van der Waals surface area contributed by atoms with Crippen LogP contribution >= 0.6 is 0 Å². The summed E-state index contributed by atoms with van der Waals surface area (Å²) >= 11 is 0. The van der Waals surface area contributed by atoms with Crippen molar-refractivity contribution in [3.63, 3.8) is 0 Å². The number of hydrogen-bond donors (Lipinski definition) is 2. The molecule has 0 spiro atoms. The Morgan fingerprint density at radius 2 is 1.96 bits per heavy atom. The fourth-order valence-electron chi connectivity index (χ4n) is 3.63. The molecule has 0 bridgehead atoms. The number of phenolic OH excluding ortho intramolecular Hbond substituents is 1. The number of benzene rings is 2. The minimum atomic E-state index is -3.26. The predicted octanol–water partition coefficient (Wildman–Crippen LogP) is 4.33. The van der Waals surface area contributed by atoms with Gasteiger partial charge in [-0.15, -0.1) is 0 Å². The van der Waals surface area contributed by atoms with Crippen molar-refractivity contribution in [2.24, 2.45) is 0 Å². The van der Waals surface area contributed by atoms with Gasteiger partial charge in [-0.3, -0.25) is 0 Å². The number of aryl methyl sites for hydroxylation is 1. The molecule has 0 atom stereocenters. The van der Waals surface area contributed by atoms with Crippen molar-refractivity contribution in [2.75, 3.05) is 0 Å². The van der Waals surface area contributed by atoms with Gasteiger partial charge in [0.05, 0.1) is 15.7 Å². The zero-order valence-electron chi connectivity index (χ0n) is 14.7. The Bertz CT molecular complexity index is 1320. The van der Waals surface area contributed by atoms with E-state index in [1.807, 2.05) is 25.1 Å². The Balaban J connectivity index is 1.80. The first-order chi connectivity index (χ1) is 12.9. The molecule has 0 aliphatic heterocycles. The van der Waals surface area contributed by atoms with Crippen molar-refractivity contribution in [1.82, 2.24) is 9.97 Å². The predicted molar refractivity (Wildman–Crippen MR) is 106 cm³/mol. The quantitative estimate of drug-likeness (QED) is 0.556. The Morgan fingerprint density at radius 3 is 2.74 bits per heavy atom. The van der Waals surface area contributed by atoms with Crippen LogP contribution in [0.25, 0.3) is 33.1 Å². The van der Waals surface area contributed by atoms with Gasteiger partial charge >= 0.3 is 0 Å². The average Bonchev–Trinajstić information content (AvgIpc) is 3.45. The molecule has 1 aliphatic rings. The number of pyridine rings is 1. The van der Waals surface area contributed by atoms with Crippen LogP contribution in [0.5, 0.6) is 5.75 Å². The Labute approximate surface area is 156 Å². The van der Waals surface area contributed by atoms with Gasteiger partial charge in [-0.1, -0.05) is 12.1 Å².